The summed E-state index contributed by atoms with van der Waals surface area (Å²) in [6.07, 6.45) is 8.69. The van der Waals surface area contributed by atoms with E-state index in [1.54, 1.807) is 21.6 Å². The van der Waals surface area contributed by atoms with Crippen molar-refractivity contribution in [1.29, 1.82) is 0 Å². The number of amides is 1. The number of aromatic nitrogens is 2. The Hall–Kier alpha value is -2.97. The fourth-order valence-corrected chi connectivity index (χ4v) is 6.36. The van der Waals surface area contributed by atoms with Crippen molar-refractivity contribution in [1.82, 2.24) is 14.3 Å². The van der Waals surface area contributed by atoms with Crippen LogP contribution in [0, 0.1) is 5.92 Å². The van der Waals surface area contributed by atoms with Crippen LogP contribution in [0.3, 0.4) is 0 Å². The molecule has 37 heavy (non-hydrogen) atoms. The Kier molecular flexibility index (Phi) is 7.76. The van der Waals surface area contributed by atoms with Gasteiger partial charge in [-0.1, -0.05) is 87.4 Å². The van der Waals surface area contributed by atoms with Gasteiger partial charge < -0.3 is 4.90 Å². The number of carbonyl (C=O) groups is 1. The van der Waals surface area contributed by atoms with Crippen molar-refractivity contribution in [2.45, 2.75) is 52.5 Å². The van der Waals surface area contributed by atoms with E-state index in [1.165, 1.54) is 22.9 Å². The normalized spacial score (nSPS) is 17.6. The first-order valence-electron chi connectivity index (χ1n) is 13.1. The van der Waals surface area contributed by atoms with Gasteiger partial charge in [-0.2, -0.15) is 0 Å². The monoisotopic (exact) mass is 532 g/mol. The molecular weight excluding hydrogens is 500 g/mol. The molecule has 192 valence electrons. The largest absolute Gasteiger partial charge is 0.351 e. The second-order valence-corrected chi connectivity index (χ2v) is 11.4. The molecule has 1 atom stereocenters. The highest BCUT2D eigenvalue weighted by Crippen LogP contribution is 2.35. The second kappa shape index (κ2) is 11.2. The Morgan fingerprint density at radius 1 is 1.11 bits per heavy atom. The summed E-state index contributed by atoms with van der Waals surface area (Å²) in [5.41, 5.74) is 3.40. The lowest BCUT2D eigenvalue weighted by Gasteiger charge is -2.30. The van der Waals surface area contributed by atoms with Gasteiger partial charge in [0.05, 0.1) is 10.5 Å². The zero-order valence-corrected chi connectivity index (χ0v) is 23.0. The fraction of sp³-hybridized carbons (Fsp3) is 0.379. The van der Waals surface area contributed by atoms with E-state index in [0.717, 1.165) is 38.6 Å². The van der Waals surface area contributed by atoms with Gasteiger partial charge in [0.2, 0.25) is 0 Å². The van der Waals surface area contributed by atoms with E-state index in [4.69, 9.17) is 17.2 Å². The summed E-state index contributed by atoms with van der Waals surface area (Å²) >= 11 is 6.90. The van der Waals surface area contributed by atoms with Crippen molar-refractivity contribution in [3.8, 4) is 0 Å². The van der Waals surface area contributed by atoms with Crippen LogP contribution in [0.2, 0.25) is 0 Å². The van der Waals surface area contributed by atoms with Crippen LogP contribution in [0.25, 0.3) is 11.7 Å². The Labute approximate surface area is 227 Å². The lowest BCUT2D eigenvalue weighted by molar-refractivity contribution is -0.122. The number of hydrogen-bond acceptors (Lipinski definition) is 6. The predicted octanol–water partition coefficient (Wildman–Crippen LogP) is 5.67. The molecule has 0 radical (unpaired) electrons. The number of pyridine rings is 1. The molecule has 4 heterocycles. The molecule has 1 unspecified atom stereocenters. The number of fused-ring (bicyclic) bond motifs is 2. The highest BCUT2D eigenvalue weighted by Gasteiger charge is 2.34. The van der Waals surface area contributed by atoms with E-state index in [-0.39, 0.29) is 11.5 Å². The van der Waals surface area contributed by atoms with E-state index >= 15 is 0 Å². The molecule has 0 saturated carbocycles. The number of rotatable bonds is 8. The van der Waals surface area contributed by atoms with E-state index in [9.17, 15) is 9.59 Å². The molecule has 1 fully saturated rings. The van der Waals surface area contributed by atoms with Crippen molar-refractivity contribution in [3.05, 3.63) is 80.6 Å². The van der Waals surface area contributed by atoms with Gasteiger partial charge in [-0.25, -0.2) is 4.98 Å². The van der Waals surface area contributed by atoms with Gasteiger partial charge in [-0.15, -0.1) is 0 Å². The molecule has 0 spiro atoms. The lowest BCUT2D eigenvalue weighted by atomic mass is 9.99. The van der Waals surface area contributed by atoms with Gasteiger partial charge in [0.1, 0.15) is 15.8 Å². The highest BCUT2D eigenvalue weighted by atomic mass is 32.2. The zero-order valence-electron chi connectivity index (χ0n) is 21.4. The molecule has 5 rings (SSSR count). The number of benzene rings is 1. The van der Waals surface area contributed by atoms with Gasteiger partial charge in [0.25, 0.3) is 11.5 Å². The van der Waals surface area contributed by atoms with Gasteiger partial charge in [-0.05, 0) is 48.1 Å². The van der Waals surface area contributed by atoms with Crippen molar-refractivity contribution in [2.24, 2.45) is 5.92 Å². The number of carbonyl (C=O) groups excluding carboxylic acids is 1. The minimum Gasteiger partial charge on any atom is -0.351 e. The third-order valence-corrected chi connectivity index (χ3v) is 8.69. The molecular formula is C29H32N4O2S2. The molecule has 6 nitrogen and oxygen atoms in total. The number of anilines is 1. The van der Waals surface area contributed by atoms with Crippen LogP contribution < -0.4 is 10.5 Å². The van der Waals surface area contributed by atoms with Crippen LogP contribution in [0.5, 0.6) is 0 Å². The molecule has 1 saturated heterocycles. The molecule has 8 heteroatoms. The molecule has 1 aromatic carbocycles. The molecule has 0 N–H and O–H groups in total. The maximum absolute atomic E-state index is 13.7. The summed E-state index contributed by atoms with van der Waals surface area (Å²) in [6, 6.07) is 13.9. The van der Waals surface area contributed by atoms with Gasteiger partial charge in [-0.3, -0.25) is 18.9 Å². The molecule has 2 aliphatic rings. The quantitative estimate of drug-likeness (QED) is 0.275. The van der Waals surface area contributed by atoms with Crippen molar-refractivity contribution in [3.63, 3.8) is 0 Å². The number of hydrogen-bond donors (Lipinski definition) is 0. The first-order valence-corrected chi connectivity index (χ1v) is 14.3. The maximum atomic E-state index is 13.7. The molecule has 2 aliphatic heterocycles. The summed E-state index contributed by atoms with van der Waals surface area (Å²) in [4.78, 5) is 36.5. The fourth-order valence-electron chi connectivity index (χ4n) is 5.10. The summed E-state index contributed by atoms with van der Waals surface area (Å²) in [5, 5.41) is 0. The van der Waals surface area contributed by atoms with E-state index < -0.39 is 0 Å². The second-order valence-electron chi connectivity index (χ2n) is 9.73. The number of nitrogens with zero attached hydrogens (tertiary/aromatic N) is 4. The van der Waals surface area contributed by atoms with Gasteiger partial charge >= 0.3 is 0 Å². The highest BCUT2D eigenvalue weighted by molar-refractivity contribution is 8.26. The lowest BCUT2D eigenvalue weighted by Crippen LogP contribution is -2.34. The van der Waals surface area contributed by atoms with E-state index in [2.05, 4.69) is 36.9 Å². The predicted molar refractivity (Wildman–Crippen MR) is 156 cm³/mol. The first-order chi connectivity index (χ1) is 18.0. The SMILES string of the molecule is CCCCC(CC)CN1C(=O)/C(=C/c2c(N3CCc4ccccc4C3)nc3ccccn3c2=O)SC1=S. The standard InChI is InChI=1S/C29H32N4O2S2/c1-3-5-10-20(4-2)18-33-28(35)24(37-29(33)36)17-23-26(30-25-13-8-9-15-32(25)27(23)34)31-16-14-21-11-6-7-12-22(21)19-31/h6-9,11-13,15,17,20H,3-5,10,14,16,18-19H2,1-2H3/b24-17-. The van der Waals surface area contributed by atoms with Gasteiger partial charge in [0, 0.05) is 25.8 Å². The summed E-state index contributed by atoms with van der Waals surface area (Å²) < 4.78 is 2.11. The molecule has 2 aromatic heterocycles. The van der Waals surface area contributed by atoms with E-state index in [1.807, 2.05) is 24.3 Å². The molecule has 3 aromatic rings. The summed E-state index contributed by atoms with van der Waals surface area (Å²) in [5.74, 6) is 0.918. The number of unbranched alkanes of at least 4 members (excludes halogenated alkanes) is 1. The van der Waals surface area contributed by atoms with Crippen LogP contribution in [-0.2, 0) is 17.8 Å². The number of thiocarbonyl (C=S) groups is 1. The third kappa shape index (κ3) is 5.22. The van der Waals surface area contributed by atoms with Gasteiger partial charge in [0.15, 0.2) is 0 Å². The molecule has 0 aliphatic carbocycles. The van der Waals surface area contributed by atoms with Crippen molar-refractivity contribution in [2.75, 3.05) is 18.0 Å². The average molecular weight is 533 g/mol. The summed E-state index contributed by atoms with van der Waals surface area (Å²) in [6.45, 7) is 6.40. The maximum Gasteiger partial charge on any atom is 0.267 e. The average Bonchev–Trinajstić information content (AvgIpc) is 3.19. The Morgan fingerprint density at radius 2 is 1.89 bits per heavy atom. The minimum atomic E-state index is -0.181. The van der Waals surface area contributed by atoms with Crippen molar-refractivity contribution < 1.29 is 4.79 Å². The van der Waals surface area contributed by atoms with Crippen LogP contribution >= 0.6 is 24.0 Å². The van der Waals surface area contributed by atoms with Crippen LogP contribution in [0.15, 0.2) is 58.4 Å². The minimum absolute atomic E-state index is 0.113. The Morgan fingerprint density at radius 3 is 2.68 bits per heavy atom. The van der Waals surface area contributed by atoms with Crippen LogP contribution in [0.1, 0.15) is 56.2 Å². The Balaban J connectivity index is 1.53. The van der Waals surface area contributed by atoms with Crippen LogP contribution in [0.4, 0.5) is 5.82 Å². The van der Waals surface area contributed by atoms with Crippen LogP contribution in [-0.4, -0.2) is 37.6 Å². The summed E-state index contributed by atoms with van der Waals surface area (Å²) in [7, 11) is 0. The zero-order chi connectivity index (χ0) is 25.9. The first kappa shape index (κ1) is 25.7. The topological polar surface area (TPSA) is 57.9 Å². The third-order valence-electron chi connectivity index (χ3n) is 7.31. The van der Waals surface area contributed by atoms with E-state index in [0.29, 0.717) is 45.3 Å². The molecule has 0 bridgehead atoms. The molecule has 1 amide bonds. The Bertz CT molecular complexity index is 1430. The number of thioether (sulfide) groups is 1. The smallest absolute Gasteiger partial charge is 0.267 e. The van der Waals surface area contributed by atoms with Crippen molar-refractivity contribution >= 4 is 51.7 Å².